The molecule has 0 aliphatic carbocycles. The Balaban J connectivity index is 1.30. The van der Waals surface area contributed by atoms with E-state index in [0.717, 1.165) is 66.1 Å². The summed E-state index contributed by atoms with van der Waals surface area (Å²) in [6.07, 6.45) is 1.70. The Labute approximate surface area is 211 Å². The van der Waals surface area contributed by atoms with Gasteiger partial charge in [-0.15, -0.1) is 0 Å². The van der Waals surface area contributed by atoms with Crippen molar-refractivity contribution in [3.63, 3.8) is 0 Å². The number of piperidine rings is 1. The van der Waals surface area contributed by atoms with E-state index in [9.17, 15) is 4.79 Å². The fraction of sp³-hybridized carbons (Fsp3) is 0.233. The number of nitrogens with one attached hydrogen (secondary N) is 1. The highest BCUT2D eigenvalue weighted by molar-refractivity contribution is 6.07. The Bertz CT molecular complexity index is 1360. The van der Waals surface area contributed by atoms with Crippen molar-refractivity contribution in [2.45, 2.75) is 26.3 Å². The molecule has 182 valence electrons. The molecular weight excluding hydrogens is 448 g/mol. The summed E-state index contributed by atoms with van der Waals surface area (Å²) in [5.41, 5.74) is 8.16. The number of carbonyl (C=O) groups excluding carboxylic acids is 1. The van der Waals surface area contributed by atoms with Gasteiger partial charge < -0.3 is 4.74 Å². The van der Waals surface area contributed by atoms with Crippen molar-refractivity contribution in [2.24, 2.45) is 5.10 Å². The molecule has 1 fully saturated rings. The van der Waals surface area contributed by atoms with Gasteiger partial charge in [0.15, 0.2) is 0 Å². The molecule has 0 radical (unpaired) electrons. The maximum Gasteiger partial charge on any atom is 0.272 e. The van der Waals surface area contributed by atoms with Gasteiger partial charge in [0.1, 0.15) is 5.75 Å². The Kier molecular flexibility index (Phi) is 7.33. The van der Waals surface area contributed by atoms with Gasteiger partial charge in [0.05, 0.1) is 23.4 Å². The molecule has 5 rings (SSSR count). The monoisotopic (exact) mass is 478 g/mol. The first-order valence-electron chi connectivity index (χ1n) is 12.4. The number of rotatable bonds is 7. The average molecular weight is 479 g/mol. The highest BCUT2D eigenvalue weighted by Gasteiger charge is 2.17. The van der Waals surface area contributed by atoms with Crippen molar-refractivity contribution >= 4 is 22.5 Å². The van der Waals surface area contributed by atoms with Gasteiger partial charge in [-0.25, -0.2) is 10.4 Å². The maximum atomic E-state index is 13.3. The number of amides is 1. The van der Waals surface area contributed by atoms with Gasteiger partial charge in [-0.3, -0.25) is 9.69 Å². The normalized spacial score (nSPS) is 14.0. The molecule has 0 bridgehead atoms. The van der Waals surface area contributed by atoms with Crippen LogP contribution in [0.25, 0.3) is 22.2 Å². The lowest BCUT2D eigenvalue weighted by atomic mass is 10.0. The van der Waals surface area contributed by atoms with E-state index in [2.05, 4.69) is 39.7 Å². The predicted octanol–water partition coefficient (Wildman–Crippen LogP) is 5.68. The number of hydrogen-bond donors (Lipinski definition) is 1. The number of carbonyl (C=O) groups is 1. The van der Waals surface area contributed by atoms with Crippen molar-refractivity contribution in [3.8, 4) is 17.0 Å². The number of hydrazone groups is 1. The SMILES string of the molecule is CCOc1ccc(-c2cc(C(=O)NN=C3CCN(Cc4ccccc4)CC3)c3ccccc3n2)cc1. The van der Waals surface area contributed by atoms with Gasteiger partial charge in [0.2, 0.25) is 0 Å². The summed E-state index contributed by atoms with van der Waals surface area (Å²) in [6, 6.07) is 27.8. The Hall–Kier alpha value is -4.03. The minimum absolute atomic E-state index is 0.222. The number of ether oxygens (including phenoxy) is 1. The fourth-order valence-corrected chi connectivity index (χ4v) is 4.51. The number of pyridine rings is 1. The lowest BCUT2D eigenvalue weighted by molar-refractivity contribution is 0.0956. The molecule has 0 atom stereocenters. The van der Waals surface area contributed by atoms with E-state index in [-0.39, 0.29) is 5.91 Å². The minimum Gasteiger partial charge on any atom is -0.494 e. The number of fused-ring (bicyclic) bond motifs is 1. The molecule has 1 aliphatic heterocycles. The maximum absolute atomic E-state index is 13.3. The van der Waals surface area contributed by atoms with Crippen LogP contribution >= 0.6 is 0 Å². The summed E-state index contributed by atoms with van der Waals surface area (Å²) in [5, 5.41) is 5.30. The summed E-state index contributed by atoms with van der Waals surface area (Å²) in [6.45, 7) is 5.39. The number of likely N-dealkylation sites (tertiary alicyclic amines) is 1. The summed E-state index contributed by atoms with van der Waals surface area (Å²) in [4.78, 5) is 20.5. The van der Waals surface area contributed by atoms with Gasteiger partial charge in [-0.1, -0.05) is 48.5 Å². The van der Waals surface area contributed by atoms with Crippen molar-refractivity contribution in [1.82, 2.24) is 15.3 Å². The zero-order chi connectivity index (χ0) is 24.7. The summed E-state index contributed by atoms with van der Waals surface area (Å²) in [5.74, 6) is 0.589. The van der Waals surface area contributed by atoms with Crippen LogP contribution in [-0.2, 0) is 6.54 Å². The van der Waals surface area contributed by atoms with Crippen LogP contribution in [0.4, 0.5) is 0 Å². The van der Waals surface area contributed by atoms with Crippen molar-refractivity contribution in [2.75, 3.05) is 19.7 Å². The number of aromatic nitrogens is 1. The molecular formula is C30H30N4O2. The lowest BCUT2D eigenvalue weighted by Crippen LogP contribution is -2.34. The number of nitrogens with zero attached hydrogens (tertiary/aromatic N) is 3. The second-order valence-electron chi connectivity index (χ2n) is 8.91. The average Bonchev–Trinajstić information content (AvgIpc) is 2.93. The third kappa shape index (κ3) is 5.61. The van der Waals surface area contributed by atoms with Gasteiger partial charge in [0.25, 0.3) is 5.91 Å². The summed E-state index contributed by atoms with van der Waals surface area (Å²) in [7, 11) is 0. The third-order valence-electron chi connectivity index (χ3n) is 6.42. The van der Waals surface area contributed by atoms with Crippen LogP contribution in [0.15, 0.2) is 90.0 Å². The van der Waals surface area contributed by atoms with E-state index in [4.69, 9.17) is 9.72 Å². The van der Waals surface area contributed by atoms with E-state index in [0.29, 0.717) is 12.2 Å². The van der Waals surface area contributed by atoms with Crippen LogP contribution in [0, 0.1) is 0 Å². The van der Waals surface area contributed by atoms with Gasteiger partial charge in [0, 0.05) is 49.1 Å². The Morgan fingerprint density at radius 3 is 2.44 bits per heavy atom. The molecule has 0 spiro atoms. The smallest absolute Gasteiger partial charge is 0.272 e. The van der Waals surface area contributed by atoms with Crippen LogP contribution < -0.4 is 10.2 Å². The van der Waals surface area contributed by atoms with E-state index in [1.807, 2.05) is 67.6 Å². The van der Waals surface area contributed by atoms with Crippen LogP contribution in [0.1, 0.15) is 35.7 Å². The largest absolute Gasteiger partial charge is 0.494 e. The Morgan fingerprint density at radius 2 is 1.69 bits per heavy atom. The first kappa shape index (κ1) is 23.7. The van der Waals surface area contributed by atoms with E-state index in [1.165, 1.54) is 5.56 Å². The number of hydrogen-bond acceptors (Lipinski definition) is 5. The highest BCUT2D eigenvalue weighted by atomic mass is 16.5. The quantitative estimate of drug-likeness (QED) is 0.347. The number of para-hydroxylation sites is 1. The molecule has 2 heterocycles. The zero-order valence-corrected chi connectivity index (χ0v) is 20.5. The second kappa shape index (κ2) is 11.1. The van der Waals surface area contributed by atoms with Gasteiger partial charge in [-0.05, 0) is 48.9 Å². The molecule has 4 aromatic rings. The fourth-order valence-electron chi connectivity index (χ4n) is 4.51. The molecule has 3 aromatic carbocycles. The molecule has 1 N–H and O–H groups in total. The molecule has 36 heavy (non-hydrogen) atoms. The molecule has 0 saturated carbocycles. The molecule has 1 amide bonds. The molecule has 0 unspecified atom stereocenters. The summed E-state index contributed by atoms with van der Waals surface area (Å²) >= 11 is 0. The van der Waals surface area contributed by atoms with Crippen LogP contribution in [0.3, 0.4) is 0 Å². The first-order valence-corrected chi connectivity index (χ1v) is 12.4. The van der Waals surface area contributed by atoms with Crippen molar-refractivity contribution in [1.29, 1.82) is 0 Å². The van der Waals surface area contributed by atoms with Crippen molar-refractivity contribution in [3.05, 3.63) is 96.1 Å². The molecule has 6 heteroatoms. The van der Waals surface area contributed by atoms with Crippen LogP contribution in [0.2, 0.25) is 0 Å². The molecule has 1 aromatic heterocycles. The van der Waals surface area contributed by atoms with Gasteiger partial charge in [-0.2, -0.15) is 5.10 Å². The summed E-state index contributed by atoms with van der Waals surface area (Å²) < 4.78 is 5.55. The molecule has 6 nitrogen and oxygen atoms in total. The third-order valence-corrected chi connectivity index (χ3v) is 6.42. The van der Waals surface area contributed by atoms with Gasteiger partial charge >= 0.3 is 0 Å². The zero-order valence-electron chi connectivity index (χ0n) is 20.5. The van der Waals surface area contributed by atoms with E-state index >= 15 is 0 Å². The predicted molar refractivity (Wildman–Crippen MR) is 144 cm³/mol. The van der Waals surface area contributed by atoms with Crippen LogP contribution in [-0.4, -0.2) is 41.2 Å². The van der Waals surface area contributed by atoms with Crippen LogP contribution in [0.5, 0.6) is 5.75 Å². The first-order chi connectivity index (χ1) is 17.7. The minimum atomic E-state index is -0.222. The number of benzene rings is 3. The van der Waals surface area contributed by atoms with Crippen molar-refractivity contribution < 1.29 is 9.53 Å². The topological polar surface area (TPSA) is 66.8 Å². The lowest BCUT2D eigenvalue weighted by Gasteiger charge is -2.27. The second-order valence-corrected chi connectivity index (χ2v) is 8.91. The van der Waals surface area contributed by atoms with E-state index < -0.39 is 0 Å². The van der Waals surface area contributed by atoms with E-state index in [1.54, 1.807) is 0 Å². The standard InChI is InChI=1S/C30H30N4O2/c1-2-36-25-14-12-23(13-15-25)29-20-27(26-10-6-7-11-28(26)31-29)30(35)33-32-24-16-18-34(19-17-24)21-22-8-4-3-5-9-22/h3-15,20H,2,16-19,21H2,1H3,(H,33,35). The Morgan fingerprint density at radius 1 is 0.972 bits per heavy atom. The highest BCUT2D eigenvalue weighted by Crippen LogP contribution is 2.26. The molecule has 1 aliphatic rings. The molecule has 1 saturated heterocycles.